The van der Waals surface area contributed by atoms with Crippen LogP contribution in [0.5, 0.6) is 5.75 Å². The molecular formula is C15H22ClNO. The van der Waals surface area contributed by atoms with Gasteiger partial charge in [0.2, 0.25) is 0 Å². The molecule has 18 heavy (non-hydrogen) atoms. The Balaban J connectivity index is 1.91. The summed E-state index contributed by atoms with van der Waals surface area (Å²) in [5, 5.41) is 4.34. The standard InChI is InChI=1S/C15H22ClNO/c1-11-5-3-4-6-14(11)17-10-12-7-8-15(18-2)13(16)9-12/h7-9,11,14,17H,3-6,10H2,1-2H3/t11-,14+/m0/s1. The van der Waals surface area contributed by atoms with Crippen molar-refractivity contribution in [1.82, 2.24) is 5.32 Å². The van der Waals surface area contributed by atoms with Crippen LogP contribution >= 0.6 is 11.6 Å². The van der Waals surface area contributed by atoms with E-state index in [9.17, 15) is 0 Å². The van der Waals surface area contributed by atoms with Gasteiger partial charge in [-0.2, -0.15) is 0 Å². The smallest absolute Gasteiger partial charge is 0.137 e. The summed E-state index contributed by atoms with van der Waals surface area (Å²) in [4.78, 5) is 0. The van der Waals surface area contributed by atoms with E-state index < -0.39 is 0 Å². The zero-order valence-electron chi connectivity index (χ0n) is 11.2. The molecule has 1 fully saturated rings. The number of hydrogen-bond donors (Lipinski definition) is 1. The van der Waals surface area contributed by atoms with Gasteiger partial charge in [0.15, 0.2) is 0 Å². The minimum atomic E-state index is 0.652. The van der Waals surface area contributed by atoms with Gasteiger partial charge in [-0.05, 0) is 36.5 Å². The Morgan fingerprint density at radius 2 is 2.11 bits per heavy atom. The lowest BCUT2D eigenvalue weighted by atomic mass is 9.86. The average Bonchev–Trinajstić information content (AvgIpc) is 2.38. The molecule has 0 aromatic heterocycles. The van der Waals surface area contributed by atoms with E-state index in [0.29, 0.717) is 11.1 Å². The summed E-state index contributed by atoms with van der Waals surface area (Å²) in [7, 11) is 1.64. The molecule has 100 valence electrons. The summed E-state index contributed by atoms with van der Waals surface area (Å²) < 4.78 is 5.16. The van der Waals surface area contributed by atoms with Gasteiger partial charge in [-0.1, -0.05) is 37.4 Å². The molecule has 2 atom stereocenters. The normalized spacial score (nSPS) is 23.9. The van der Waals surface area contributed by atoms with Crippen molar-refractivity contribution in [2.75, 3.05) is 7.11 Å². The Bertz CT molecular complexity index is 394. The quantitative estimate of drug-likeness (QED) is 0.890. The van der Waals surface area contributed by atoms with E-state index in [0.717, 1.165) is 18.2 Å². The largest absolute Gasteiger partial charge is 0.495 e. The molecule has 1 saturated carbocycles. The molecule has 0 bridgehead atoms. The highest BCUT2D eigenvalue weighted by Gasteiger charge is 2.20. The number of ether oxygens (including phenoxy) is 1. The van der Waals surface area contributed by atoms with Crippen LogP contribution in [0.3, 0.4) is 0 Å². The van der Waals surface area contributed by atoms with Crippen LogP contribution in [-0.4, -0.2) is 13.2 Å². The van der Waals surface area contributed by atoms with Gasteiger partial charge in [0.05, 0.1) is 12.1 Å². The van der Waals surface area contributed by atoms with Crippen molar-refractivity contribution in [3.8, 4) is 5.75 Å². The second kappa shape index (κ2) is 6.44. The molecule has 1 aromatic carbocycles. The molecule has 0 spiro atoms. The van der Waals surface area contributed by atoms with Crippen molar-refractivity contribution in [3.05, 3.63) is 28.8 Å². The Kier molecular flexibility index (Phi) is 4.90. The fraction of sp³-hybridized carbons (Fsp3) is 0.600. The van der Waals surface area contributed by atoms with Gasteiger partial charge in [-0.3, -0.25) is 0 Å². The minimum Gasteiger partial charge on any atom is -0.495 e. The molecule has 1 N–H and O–H groups in total. The fourth-order valence-corrected chi connectivity index (χ4v) is 2.97. The lowest BCUT2D eigenvalue weighted by Gasteiger charge is -2.29. The first-order chi connectivity index (χ1) is 8.70. The SMILES string of the molecule is COc1ccc(CN[C@@H]2CCCC[C@@H]2C)cc1Cl. The molecular weight excluding hydrogens is 246 g/mol. The van der Waals surface area contributed by atoms with Crippen LogP contribution in [0.4, 0.5) is 0 Å². The second-order valence-electron chi connectivity index (χ2n) is 5.22. The number of halogens is 1. The third-order valence-corrected chi connectivity index (χ3v) is 4.19. The Labute approximate surface area is 115 Å². The average molecular weight is 268 g/mol. The maximum Gasteiger partial charge on any atom is 0.137 e. The maximum atomic E-state index is 6.13. The van der Waals surface area contributed by atoms with Crippen LogP contribution in [0.2, 0.25) is 5.02 Å². The van der Waals surface area contributed by atoms with Crippen LogP contribution in [0.25, 0.3) is 0 Å². The summed E-state index contributed by atoms with van der Waals surface area (Å²) in [5.41, 5.74) is 1.22. The first-order valence-corrected chi connectivity index (χ1v) is 7.14. The van der Waals surface area contributed by atoms with Crippen molar-refractivity contribution in [2.45, 2.75) is 45.2 Å². The van der Waals surface area contributed by atoms with Crippen molar-refractivity contribution in [1.29, 1.82) is 0 Å². The van der Waals surface area contributed by atoms with Gasteiger partial charge in [-0.25, -0.2) is 0 Å². The Morgan fingerprint density at radius 1 is 1.33 bits per heavy atom. The third-order valence-electron chi connectivity index (χ3n) is 3.90. The van der Waals surface area contributed by atoms with Gasteiger partial charge >= 0.3 is 0 Å². The number of rotatable bonds is 4. The number of hydrogen-bond acceptors (Lipinski definition) is 2. The molecule has 1 aliphatic carbocycles. The zero-order valence-corrected chi connectivity index (χ0v) is 12.0. The maximum absolute atomic E-state index is 6.13. The van der Waals surface area contributed by atoms with E-state index in [1.54, 1.807) is 7.11 Å². The lowest BCUT2D eigenvalue weighted by Crippen LogP contribution is -2.36. The Hall–Kier alpha value is -0.730. The monoisotopic (exact) mass is 267 g/mol. The molecule has 2 rings (SSSR count). The van der Waals surface area contributed by atoms with Crippen molar-refractivity contribution >= 4 is 11.6 Å². The highest BCUT2D eigenvalue weighted by molar-refractivity contribution is 6.32. The van der Waals surface area contributed by atoms with E-state index in [-0.39, 0.29) is 0 Å². The predicted octanol–water partition coefficient (Wildman–Crippen LogP) is 4.02. The van der Waals surface area contributed by atoms with Gasteiger partial charge in [0.1, 0.15) is 5.75 Å². The van der Waals surface area contributed by atoms with Crippen LogP contribution < -0.4 is 10.1 Å². The summed E-state index contributed by atoms with van der Waals surface area (Å²) >= 11 is 6.13. The molecule has 0 unspecified atom stereocenters. The van der Waals surface area contributed by atoms with E-state index in [2.05, 4.69) is 18.3 Å². The number of methoxy groups -OCH3 is 1. The third kappa shape index (κ3) is 3.39. The second-order valence-corrected chi connectivity index (χ2v) is 5.63. The summed E-state index contributed by atoms with van der Waals surface area (Å²) in [6.07, 6.45) is 5.38. The highest BCUT2D eigenvalue weighted by atomic mass is 35.5. The summed E-state index contributed by atoms with van der Waals surface area (Å²) in [6.45, 7) is 3.23. The predicted molar refractivity (Wildman–Crippen MR) is 76.3 cm³/mol. The van der Waals surface area contributed by atoms with Gasteiger partial charge in [0.25, 0.3) is 0 Å². The van der Waals surface area contributed by atoms with Gasteiger partial charge in [0, 0.05) is 12.6 Å². The lowest BCUT2D eigenvalue weighted by molar-refractivity contribution is 0.279. The van der Waals surface area contributed by atoms with Crippen LogP contribution in [0.15, 0.2) is 18.2 Å². The molecule has 3 heteroatoms. The van der Waals surface area contributed by atoms with Crippen LogP contribution in [0, 0.1) is 5.92 Å². The highest BCUT2D eigenvalue weighted by Crippen LogP contribution is 2.26. The van der Waals surface area contributed by atoms with E-state index in [1.807, 2.05) is 12.1 Å². The number of benzene rings is 1. The summed E-state index contributed by atoms with van der Waals surface area (Å²) in [5.74, 6) is 1.53. The number of nitrogens with one attached hydrogen (secondary N) is 1. The van der Waals surface area contributed by atoms with Crippen molar-refractivity contribution in [3.63, 3.8) is 0 Å². The van der Waals surface area contributed by atoms with Crippen LogP contribution in [-0.2, 0) is 6.54 Å². The first-order valence-electron chi connectivity index (χ1n) is 6.76. The molecule has 0 heterocycles. The van der Waals surface area contributed by atoms with Gasteiger partial charge < -0.3 is 10.1 Å². The van der Waals surface area contributed by atoms with E-state index in [4.69, 9.17) is 16.3 Å². The topological polar surface area (TPSA) is 21.3 Å². The fourth-order valence-electron chi connectivity index (χ4n) is 2.69. The van der Waals surface area contributed by atoms with E-state index >= 15 is 0 Å². The van der Waals surface area contributed by atoms with Crippen molar-refractivity contribution in [2.24, 2.45) is 5.92 Å². The molecule has 0 aliphatic heterocycles. The molecule has 0 amide bonds. The molecule has 0 radical (unpaired) electrons. The molecule has 1 aromatic rings. The molecule has 2 nitrogen and oxygen atoms in total. The van der Waals surface area contributed by atoms with E-state index in [1.165, 1.54) is 31.2 Å². The van der Waals surface area contributed by atoms with Crippen LogP contribution in [0.1, 0.15) is 38.2 Å². The zero-order chi connectivity index (χ0) is 13.0. The molecule has 0 saturated heterocycles. The first kappa shape index (κ1) is 13.7. The Morgan fingerprint density at radius 3 is 2.78 bits per heavy atom. The van der Waals surface area contributed by atoms with Gasteiger partial charge in [-0.15, -0.1) is 0 Å². The molecule has 1 aliphatic rings. The minimum absolute atomic E-state index is 0.652. The summed E-state index contributed by atoms with van der Waals surface area (Å²) in [6, 6.07) is 6.65. The van der Waals surface area contributed by atoms with Crippen molar-refractivity contribution < 1.29 is 4.74 Å².